The first-order valence-corrected chi connectivity index (χ1v) is 7.46. The number of aromatic nitrogens is 3. The number of benzene rings is 1. The van der Waals surface area contributed by atoms with Crippen molar-refractivity contribution in [1.29, 1.82) is 0 Å². The summed E-state index contributed by atoms with van der Waals surface area (Å²) in [5.41, 5.74) is 1.96. The molecule has 8 heteroatoms. The number of nitrogens with one attached hydrogen (secondary N) is 3. The molecule has 1 amide bonds. The maximum absolute atomic E-state index is 12.2. The van der Waals surface area contributed by atoms with E-state index in [0.29, 0.717) is 31.4 Å². The number of hydrogen-bond acceptors (Lipinski definition) is 3. The third kappa shape index (κ3) is 2.77. The Morgan fingerprint density at radius 1 is 1.19 bits per heavy atom. The molecule has 3 rings (SSSR count). The van der Waals surface area contributed by atoms with Crippen molar-refractivity contribution < 1.29 is 4.79 Å². The number of carbonyl (C=O) groups is 1. The Kier molecular flexibility index (Phi) is 3.64. The van der Waals surface area contributed by atoms with Crippen LogP contribution in [0.5, 0.6) is 0 Å². The lowest BCUT2D eigenvalue weighted by molar-refractivity contribution is 0.102. The maximum Gasteiger partial charge on any atom is 0.323 e. The van der Waals surface area contributed by atoms with Gasteiger partial charge < -0.3 is 15.3 Å². The Hall–Kier alpha value is -1.93. The summed E-state index contributed by atoms with van der Waals surface area (Å²) >= 11 is 6.60. The smallest absolute Gasteiger partial charge is 0.321 e. The topological polar surface area (TPSA) is 90.6 Å². The van der Waals surface area contributed by atoms with Crippen LogP contribution < -0.4 is 11.0 Å². The molecule has 1 aromatic carbocycles. The molecule has 0 saturated carbocycles. The van der Waals surface area contributed by atoms with Crippen molar-refractivity contribution in [2.24, 2.45) is 0 Å². The average Bonchev–Trinajstić information content (AvgIpc) is 2.78. The van der Waals surface area contributed by atoms with Gasteiger partial charge in [-0.15, -0.1) is 0 Å². The number of H-pyrrole nitrogens is 2. The lowest BCUT2D eigenvalue weighted by Crippen LogP contribution is -2.13. The number of fused-ring (bicyclic) bond motifs is 1. The zero-order chi connectivity index (χ0) is 15.0. The van der Waals surface area contributed by atoms with E-state index in [-0.39, 0.29) is 11.6 Å². The summed E-state index contributed by atoms with van der Waals surface area (Å²) in [5.74, 6) is -0.298. The Labute approximate surface area is 135 Å². The highest BCUT2D eigenvalue weighted by Crippen LogP contribution is 2.27. The molecule has 3 N–H and O–H groups in total. The van der Waals surface area contributed by atoms with Gasteiger partial charge in [0.15, 0.2) is 0 Å². The first kappa shape index (κ1) is 14.0. The largest absolute Gasteiger partial charge is 0.323 e. The normalized spacial score (nSPS) is 10.8. The highest BCUT2D eigenvalue weighted by molar-refractivity contribution is 9.10. The Morgan fingerprint density at radius 2 is 1.90 bits per heavy atom. The Morgan fingerprint density at radius 3 is 2.62 bits per heavy atom. The van der Waals surface area contributed by atoms with E-state index in [0.717, 1.165) is 0 Å². The molecule has 2 heterocycles. The highest BCUT2D eigenvalue weighted by Gasteiger charge is 2.13. The van der Waals surface area contributed by atoms with E-state index in [1.54, 1.807) is 30.5 Å². The van der Waals surface area contributed by atoms with E-state index in [1.807, 2.05) is 0 Å². The molecule has 0 atom stereocenters. The molecule has 106 valence electrons. The monoisotopic (exact) mass is 410 g/mol. The van der Waals surface area contributed by atoms with Gasteiger partial charge in [-0.3, -0.25) is 4.79 Å². The second kappa shape index (κ2) is 5.45. The van der Waals surface area contributed by atoms with Crippen LogP contribution in [-0.4, -0.2) is 20.9 Å². The van der Waals surface area contributed by atoms with Crippen LogP contribution in [0.3, 0.4) is 0 Å². The molecule has 3 aromatic rings. The van der Waals surface area contributed by atoms with Crippen LogP contribution >= 0.6 is 31.9 Å². The molecule has 0 unspecified atom stereocenters. The van der Waals surface area contributed by atoms with Crippen molar-refractivity contribution in [1.82, 2.24) is 15.0 Å². The highest BCUT2D eigenvalue weighted by atomic mass is 79.9. The predicted octanol–water partition coefficient (Wildman–Crippen LogP) is 3.03. The number of carbonyl (C=O) groups excluding carboxylic acids is 1. The average molecular weight is 412 g/mol. The fraction of sp³-hybridized carbons (Fsp3) is 0. The van der Waals surface area contributed by atoms with Crippen LogP contribution in [0.15, 0.2) is 44.3 Å². The first-order chi connectivity index (χ1) is 10.0. The Balaban J connectivity index is 1.98. The fourth-order valence-electron chi connectivity index (χ4n) is 1.90. The second-order valence-corrected chi connectivity index (χ2v) is 5.86. The molecule has 2 aromatic heterocycles. The van der Waals surface area contributed by atoms with Crippen molar-refractivity contribution in [2.75, 3.05) is 5.32 Å². The number of halogens is 2. The first-order valence-electron chi connectivity index (χ1n) is 5.88. The van der Waals surface area contributed by atoms with Gasteiger partial charge in [-0.2, -0.15) is 0 Å². The van der Waals surface area contributed by atoms with E-state index in [4.69, 9.17) is 0 Å². The van der Waals surface area contributed by atoms with Crippen molar-refractivity contribution >= 4 is 54.5 Å². The van der Waals surface area contributed by atoms with Gasteiger partial charge in [-0.1, -0.05) is 0 Å². The van der Waals surface area contributed by atoms with Gasteiger partial charge in [-0.25, -0.2) is 9.78 Å². The Bertz CT molecular complexity index is 901. The molecule has 0 aliphatic rings. The number of rotatable bonds is 2. The van der Waals surface area contributed by atoms with Gasteiger partial charge in [-0.05, 0) is 56.1 Å². The van der Waals surface area contributed by atoms with E-state index < -0.39 is 0 Å². The predicted molar refractivity (Wildman–Crippen MR) is 86.5 cm³/mol. The minimum Gasteiger partial charge on any atom is -0.321 e. The molecular weight excluding hydrogens is 404 g/mol. The lowest BCUT2D eigenvalue weighted by atomic mass is 10.2. The van der Waals surface area contributed by atoms with Crippen LogP contribution in [0.25, 0.3) is 11.0 Å². The number of imidazole rings is 1. The zero-order valence-corrected chi connectivity index (χ0v) is 13.6. The second-order valence-electron chi connectivity index (χ2n) is 4.25. The van der Waals surface area contributed by atoms with Gasteiger partial charge in [0.25, 0.3) is 5.91 Å². The molecule has 0 fully saturated rings. The summed E-state index contributed by atoms with van der Waals surface area (Å²) in [7, 11) is 0. The van der Waals surface area contributed by atoms with Crippen molar-refractivity contribution in [2.45, 2.75) is 0 Å². The molecule has 0 spiro atoms. The van der Waals surface area contributed by atoms with Crippen LogP contribution in [0.2, 0.25) is 0 Å². The summed E-state index contributed by atoms with van der Waals surface area (Å²) in [6.07, 6.45) is 1.59. The quantitative estimate of drug-likeness (QED) is 0.566. The molecule has 0 aliphatic heterocycles. The number of nitrogens with zero attached hydrogens (tertiary/aromatic N) is 1. The van der Waals surface area contributed by atoms with Gasteiger partial charge in [0.2, 0.25) is 0 Å². The summed E-state index contributed by atoms with van der Waals surface area (Å²) in [6, 6.07) is 6.75. The van der Waals surface area contributed by atoms with E-state index in [1.165, 1.54) is 0 Å². The molecule has 0 saturated heterocycles. The molecule has 0 bridgehead atoms. The van der Waals surface area contributed by atoms with Crippen LogP contribution in [0.4, 0.5) is 5.69 Å². The van der Waals surface area contributed by atoms with Crippen molar-refractivity contribution in [3.05, 3.63) is 55.6 Å². The maximum atomic E-state index is 12.2. The summed E-state index contributed by atoms with van der Waals surface area (Å²) in [4.78, 5) is 32.8. The minimum atomic E-state index is -0.298. The minimum absolute atomic E-state index is 0.296. The number of amides is 1. The zero-order valence-electron chi connectivity index (χ0n) is 10.4. The van der Waals surface area contributed by atoms with E-state index in [9.17, 15) is 9.59 Å². The number of hydrogen-bond donors (Lipinski definition) is 3. The fourth-order valence-corrected chi connectivity index (χ4v) is 2.77. The van der Waals surface area contributed by atoms with Gasteiger partial charge in [0, 0.05) is 10.7 Å². The summed E-state index contributed by atoms with van der Waals surface area (Å²) < 4.78 is 1.13. The number of pyridine rings is 1. The molecule has 6 nitrogen and oxygen atoms in total. The van der Waals surface area contributed by atoms with Gasteiger partial charge >= 0.3 is 5.69 Å². The molecule has 0 aliphatic carbocycles. The third-order valence-electron chi connectivity index (χ3n) is 2.86. The number of aromatic amines is 2. The third-order valence-corrected chi connectivity index (χ3v) is 4.14. The van der Waals surface area contributed by atoms with Crippen molar-refractivity contribution in [3.8, 4) is 0 Å². The molecule has 21 heavy (non-hydrogen) atoms. The SMILES string of the molecule is O=C(Nc1cc2[nH]c(=O)[nH]c2cc1Br)c1cccnc1Br. The van der Waals surface area contributed by atoms with Gasteiger partial charge in [0.1, 0.15) is 4.60 Å². The van der Waals surface area contributed by atoms with Gasteiger partial charge in [0.05, 0.1) is 22.3 Å². The molecular formula is C13H8Br2N4O2. The van der Waals surface area contributed by atoms with Crippen LogP contribution in [0.1, 0.15) is 10.4 Å². The standard InChI is InChI=1S/C13H8Br2N4O2/c14-7-4-9-10(19-13(21)18-9)5-8(7)17-12(20)6-2-1-3-16-11(6)15/h1-5H,(H,17,20)(H2,18,19,21). The van der Waals surface area contributed by atoms with Crippen LogP contribution in [0, 0.1) is 0 Å². The van der Waals surface area contributed by atoms with E-state index in [2.05, 4.69) is 52.1 Å². The molecule has 0 radical (unpaired) electrons. The van der Waals surface area contributed by atoms with E-state index >= 15 is 0 Å². The lowest BCUT2D eigenvalue weighted by Gasteiger charge is -2.08. The van der Waals surface area contributed by atoms with Crippen LogP contribution in [-0.2, 0) is 0 Å². The summed E-state index contributed by atoms with van der Waals surface area (Å²) in [5, 5.41) is 2.78. The number of anilines is 1. The van der Waals surface area contributed by atoms with Crippen molar-refractivity contribution in [3.63, 3.8) is 0 Å². The summed E-state index contributed by atoms with van der Waals surface area (Å²) in [6.45, 7) is 0.